The number of hydrogen-bond donors (Lipinski definition) is 0. The van der Waals surface area contributed by atoms with Crippen LogP contribution < -0.4 is 4.90 Å². The van der Waals surface area contributed by atoms with Gasteiger partial charge in [0, 0.05) is 30.4 Å². The Kier molecular flexibility index (Phi) is 8.50. The molecule has 30 heavy (non-hydrogen) atoms. The molecular weight excluding hydrogens is 364 g/mol. The number of nitrogens with zero attached hydrogens (tertiary/aromatic N) is 2. The van der Waals surface area contributed by atoms with Gasteiger partial charge in [0.2, 0.25) is 0 Å². The first kappa shape index (κ1) is 22.1. The lowest BCUT2D eigenvalue weighted by atomic mass is 10.0. The third-order valence-corrected chi connectivity index (χ3v) is 5.81. The van der Waals surface area contributed by atoms with Gasteiger partial charge in [0.05, 0.1) is 5.52 Å². The lowest BCUT2D eigenvalue weighted by Crippen LogP contribution is -2.25. The van der Waals surface area contributed by atoms with Gasteiger partial charge in [-0.15, -0.1) is 0 Å². The summed E-state index contributed by atoms with van der Waals surface area (Å²) in [6.07, 6.45) is 14.1. The predicted molar refractivity (Wildman–Crippen MR) is 133 cm³/mol. The van der Waals surface area contributed by atoms with Gasteiger partial charge in [-0.05, 0) is 60.7 Å². The minimum atomic E-state index is 1.04. The molecule has 3 aromatic rings. The summed E-state index contributed by atoms with van der Waals surface area (Å²) in [7, 11) is 0. The minimum absolute atomic E-state index is 1.04. The van der Waals surface area contributed by atoms with Crippen molar-refractivity contribution >= 4 is 28.7 Å². The summed E-state index contributed by atoms with van der Waals surface area (Å²) in [5.74, 6) is 0. The number of aryl methyl sites for hydroxylation is 1. The van der Waals surface area contributed by atoms with E-state index >= 15 is 0 Å². The van der Waals surface area contributed by atoms with Gasteiger partial charge in [0.15, 0.2) is 0 Å². The molecule has 0 amide bonds. The average molecular weight is 401 g/mol. The minimum Gasteiger partial charge on any atom is -0.372 e. The molecule has 0 saturated carbocycles. The molecule has 1 aromatic heterocycles. The molecule has 2 nitrogen and oxygen atoms in total. The molecule has 0 aliphatic carbocycles. The Hall–Kier alpha value is -2.61. The molecule has 0 atom stereocenters. The van der Waals surface area contributed by atoms with Crippen LogP contribution in [0.5, 0.6) is 0 Å². The van der Waals surface area contributed by atoms with Crippen LogP contribution in [-0.2, 0) is 0 Å². The van der Waals surface area contributed by atoms with E-state index in [0.717, 1.165) is 18.6 Å². The molecule has 1 heterocycles. The largest absolute Gasteiger partial charge is 0.372 e. The highest BCUT2D eigenvalue weighted by Gasteiger charge is 2.08. The number of benzene rings is 2. The monoisotopic (exact) mass is 400 g/mol. The molecule has 0 saturated heterocycles. The molecule has 0 bridgehead atoms. The SMILES string of the molecule is CCCCCN(CCCCC)c1ccc(/C=C/c2ccnc3ccccc23)c(C)c1. The summed E-state index contributed by atoms with van der Waals surface area (Å²) >= 11 is 0. The number of pyridine rings is 1. The summed E-state index contributed by atoms with van der Waals surface area (Å²) in [6.45, 7) is 9.10. The van der Waals surface area contributed by atoms with Crippen LogP contribution in [0.2, 0.25) is 0 Å². The maximum absolute atomic E-state index is 4.47. The van der Waals surface area contributed by atoms with E-state index in [1.807, 2.05) is 12.3 Å². The second kappa shape index (κ2) is 11.5. The fraction of sp³-hybridized carbons (Fsp3) is 0.393. The Bertz CT molecular complexity index is 943. The van der Waals surface area contributed by atoms with Gasteiger partial charge in [0.1, 0.15) is 0 Å². The van der Waals surface area contributed by atoms with Gasteiger partial charge in [-0.2, -0.15) is 0 Å². The number of aromatic nitrogens is 1. The molecule has 0 aliphatic rings. The number of anilines is 1. The van der Waals surface area contributed by atoms with Crippen LogP contribution in [0.3, 0.4) is 0 Å². The Labute approximate surface area is 182 Å². The number of para-hydroxylation sites is 1. The summed E-state index contributed by atoms with van der Waals surface area (Å²) in [6, 6.07) is 17.4. The maximum atomic E-state index is 4.47. The van der Waals surface area contributed by atoms with E-state index in [1.54, 1.807) is 0 Å². The van der Waals surface area contributed by atoms with E-state index in [-0.39, 0.29) is 0 Å². The van der Waals surface area contributed by atoms with Gasteiger partial charge >= 0.3 is 0 Å². The normalized spacial score (nSPS) is 11.4. The zero-order valence-electron chi connectivity index (χ0n) is 18.9. The van der Waals surface area contributed by atoms with Crippen LogP contribution in [-0.4, -0.2) is 18.1 Å². The lowest BCUT2D eigenvalue weighted by molar-refractivity contribution is 0.636. The lowest BCUT2D eigenvalue weighted by Gasteiger charge is -2.25. The number of unbranched alkanes of at least 4 members (excludes halogenated alkanes) is 4. The number of hydrogen-bond acceptors (Lipinski definition) is 2. The van der Waals surface area contributed by atoms with E-state index in [1.165, 1.54) is 66.3 Å². The van der Waals surface area contributed by atoms with Crippen molar-refractivity contribution in [2.45, 2.75) is 59.3 Å². The molecule has 0 fully saturated rings. The highest BCUT2D eigenvalue weighted by Crippen LogP contribution is 2.24. The molecule has 0 N–H and O–H groups in total. The molecule has 2 heteroatoms. The first-order valence-corrected chi connectivity index (χ1v) is 11.6. The molecule has 2 aromatic carbocycles. The van der Waals surface area contributed by atoms with E-state index in [0.29, 0.717) is 0 Å². The second-order valence-electron chi connectivity index (χ2n) is 8.19. The van der Waals surface area contributed by atoms with Crippen molar-refractivity contribution in [1.82, 2.24) is 4.98 Å². The van der Waals surface area contributed by atoms with Crippen molar-refractivity contribution in [3.63, 3.8) is 0 Å². The first-order chi connectivity index (χ1) is 14.7. The van der Waals surface area contributed by atoms with Crippen molar-refractivity contribution in [3.05, 3.63) is 71.4 Å². The fourth-order valence-corrected chi connectivity index (χ4v) is 3.96. The standard InChI is InChI=1S/C28H36N2/c1-4-6-10-20-30(21-11-7-5-2)26-17-16-24(23(3)22-26)14-15-25-18-19-29-28-13-9-8-12-27(25)28/h8-9,12-19,22H,4-7,10-11,20-21H2,1-3H3/b15-14+. The van der Waals surface area contributed by atoms with Crippen LogP contribution in [0.1, 0.15) is 69.1 Å². The van der Waals surface area contributed by atoms with Crippen LogP contribution in [0.25, 0.3) is 23.1 Å². The first-order valence-electron chi connectivity index (χ1n) is 11.6. The molecular formula is C28H36N2. The number of fused-ring (bicyclic) bond motifs is 1. The Morgan fingerprint density at radius 1 is 0.800 bits per heavy atom. The van der Waals surface area contributed by atoms with Crippen LogP contribution >= 0.6 is 0 Å². The Morgan fingerprint density at radius 2 is 1.50 bits per heavy atom. The van der Waals surface area contributed by atoms with Crippen molar-refractivity contribution in [1.29, 1.82) is 0 Å². The highest BCUT2D eigenvalue weighted by atomic mass is 15.1. The smallest absolute Gasteiger partial charge is 0.0707 e. The number of rotatable bonds is 11. The van der Waals surface area contributed by atoms with Crippen LogP contribution in [0.4, 0.5) is 5.69 Å². The van der Waals surface area contributed by atoms with E-state index in [9.17, 15) is 0 Å². The highest BCUT2D eigenvalue weighted by molar-refractivity contribution is 5.90. The van der Waals surface area contributed by atoms with Crippen molar-refractivity contribution in [2.75, 3.05) is 18.0 Å². The molecule has 0 spiro atoms. The summed E-state index contributed by atoms with van der Waals surface area (Å²) < 4.78 is 0. The van der Waals surface area contributed by atoms with E-state index in [4.69, 9.17) is 0 Å². The van der Waals surface area contributed by atoms with Crippen molar-refractivity contribution in [2.24, 2.45) is 0 Å². The van der Waals surface area contributed by atoms with Gasteiger partial charge in [-0.1, -0.05) is 75.9 Å². The Morgan fingerprint density at radius 3 is 2.20 bits per heavy atom. The Balaban J connectivity index is 1.77. The topological polar surface area (TPSA) is 16.1 Å². The third kappa shape index (κ3) is 5.95. The van der Waals surface area contributed by atoms with Gasteiger partial charge in [0.25, 0.3) is 0 Å². The molecule has 0 aliphatic heterocycles. The van der Waals surface area contributed by atoms with Gasteiger partial charge in [-0.25, -0.2) is 0 Å². The maximum Gasteiger partial charge on any atom is 0.0707 e. The second-order valence-corrected chi connectivity index (χ2v) is 8.19. The molecule has 158 valence electrons. The van der Waals surface area contributed by atoms with Crippen LogP contribution in [0, 0.1) is 6.92 Å². The zero-order chi connectivity index (χ0) is 21.2. The summed E-state index contributed by atoms with van der Waals surface area (Å²) in [5.41, 5.74) is 6.23. The molecule has 0 unspecified atom stereocenters. The van der Waals surface area contributed by atoms with E-state index < -0.39 is 0 Å². The quantitative estimate of drug-likeness (QED) is 0.304. The van der Waals surface area contributed by atoms with Gasteiger partial charge < -0.3 is 4.90 Å². The van der Waals surface area contributed by atoms with Gasteiger partial charge in [-0.3, -0.25) is 4.98 Å². The molecule has 3 rings (SSSR count). The molecule has 0 radical (unpaired) electrons. The zero-order valence-corrected chi connectivity index (χ0v) is 18.9. The summed E-state index contributed by atoms with van der Waals surface area (Å²) in [5, 5.41) is 1.20. The predicted octanol–water partition coefficient (Wildman–Crippen LogP) is 7.90. The average Bonchev–Trinajstić information content (AvgIpc) is 2.77. The fourth-order valence-electron chi connectivity index (χ4n) is 3.96. The van der Waals surface area contributed by atoms with Crippen LogP contribution in [0.15, 0.2) is 54.7 Å². The van der Waals surface area contributed by atoms with E-state index in [2.05, 4.69) is 85.3 Å². The van der Waals surface area contributed by atoms with Crippen molar-refractivity contribution in [3.8, 4) is 0 Å². The third-order valence-electron chi connectivity index (χ3n) is 5.81. The van der Waals surface area contributed by atoms with Crippen molar-refractivity contribution < 1.29 is 0 Å². The summed E-state index contributed by atoms with van der Waals surface area (Å²) in [4.78, 5) is 7.05.